The molecule has 7 nitrogen and oxygen atoms in total. The summed E-state index contributed by atoms with van der Waals surface area (Å²) < 4.78 is 41.8. The summed E-state index contributed by atoms with van der Waals surface area (Å²) in [5, 5.41) is 6.97. The van der Waals surface area contributed by atoms with Crippen molar-refractivity contribution in [3.63, 3.8) is 0 Å². The third-order valence-electron chi connectivity index (χ3n) is 6.40. The smallest absolute Gasteiger partial charge is 0.243 e. The van der Waals surface area contributed by atoms with Crippen LogP contribution in [0.4, 0.5) is 15.9 Å². The van der Waals surface area contributed by atoms with E-state index in [0.717, 1.165) is 49.7 Å². The maximum absolute atomic E-state index is 13.7. The molecule has 1 aliphatic carbocycles. The van der Waals surface area contributed by atoms with Gasteiger partial charge in [0.15, 0.2) is 5.82 Å². The van der Waals surface area contributed by atoms with E-state index in [2.05, 4.69) is 15.6 Å². The SMILES string of the molecule is O=S(=O)(c1cccc(F)c1)N1CCCC2(C1)Nc1cccnc1NC2=NC1CCCC1. The topological polar surface area (TPSA) is 86.7 Å². The maximum atomic E-state index is 13.7. The number of rotatable bonds is 3. The number of aromatic nitrogens is 1. The van der Waals surface area contributed by atoms with Crippen LogP contribution in [0.2, 0.25) is 0 Å². The highest BCUT2D eigenvalue weighted by Gasteiger charge is 2.47. The number of nitrogens with zero attached hydrogens (tertiary/aromatic N) is 3. The number of halogens is 1. The van der Waals surface area contributed by atoms with E-state index < -0.39 is 21.4 Å². The molecule has 2 aliphatic heterocycles. The number of nitrogens with one attached hydrogen (secondary N) is 2. The Morgan fingerprint density at radius 1 is 1.16 bits per heavy atom. The predicted octanol–water partition coefficient (Wildman–Crippen LogP) is 3.62. The number of aliphatic imine (C=N–C) groups is 1. The fourth-order valence-electron chi connectivity index (χ4n) is 4.82. The molecule has 1 saturated carbocycles. The largest absolute Gasteiger partial charge is 0.369 e. The minimum absolute atomic E-state index is 0.0235. The van der Waals surface area contributed by atoms with Crippen LogP contribution < -0.4 is 10.6 Å². The molecule has 2 fully saturated rings. The lowest BCUT2D eigenvalue weighted by Gasteiger charge is -2.46. The van der Waals surface area contributed by atoms with Crippen molar-refractivity contribution in [2.75, 3.05) is 23.7 Å². The standard InChI is InChI=1S/C22H26FN5O2S/c23-16-6-3-9-18(14-16)31(29,30)28-13-5-11-22(15-28)21(25-17-7-1-2-8-17)26-20-19(27-22)10-4-12-24-20/h3-4,6,9-10,12,14,17,27H,1-2,5,7-8,11,13,15H2,(H,24,25,26). The first-order chi connectivity index (χ1) is 15.0. The molecular weight excluding hydrogens is 417 g/mol. The number of pyridine rings is 1. The van der Waals surface area contributed by atoms with Gasteiger partial charge >= 0.3 is 0 Å². The molecule has 1 aromatic carbocycles. The Kier molecular flexibility index (Phi) is 5.18. The third kappa shape index (κ3) is 3.80. The minimum Gasteiger partial charge on any atom is -0.369 e. The summed E-state index contributed by atoms with van der Waals surface area (Å²) in [5.74, 6) is 0.897. The molecule has 2 N–H and O–H groups in total. The first kappa shape index (κ1) is 20.4. The maximum Gasteiger partial charge on any atom is 0.243 e. The Morgan fingerprint density at radius 3 is 2.81 bits per heavy atom. The van der Waals surface area contributed by atoms with E-state index in [-0.39, 0.29) is 17.5 Å². The fraction of sp³-hybridized carbons (Fsp3) is 0.455. The number of amidine groups is 1. The minimum atomic E-state index is -3.83. The van der Waals surface area contributed by atoms with Crippen molar-refractivity contribution in [3.8, 4) is 0 Å². The lowest BCUT2D eigenvalue weighted by molar-refractivity contribution is 0.293. The van der Waals surface area contributed by atoms with E-state index in [1.807, 2.05) is 12.1 Å². The van der Waals surface area contributed by atoms with E-state index >= 15 is 0 Å². The molecule has 1 saturated heterocycles. The second kappa shape index (κ2) is 7.87. The number of hydrogen-bond acceptors (Lipinski definition) is 5. The molecule has 9 heteroatoms. The lowest BCUT2D eigenvalue weighted by atomic mass is 9.86. The fourth-order valence-corrected chi connectivity index (χ4v) is 6.39. The summed E-state index contributed by atoms with van der Waals surface area (Å²) in [4.78, 5) is 9.43. The van der Waals surface area contributed by atoms with Gasteiger partial charge in [0.1, 0.15) is 17.2 Å². The molecular formula is C22H26FN5O2S. The van der Waals surface area contributed by atoms with Crippen LogP contribution in [0.1, 0.15) is 38.5 Å². The Morgan fingerprint density at radius 2 is 2.00 bits per heavy atom. The molecule has 1 atom stereocenters. The van der Waals surface area contributed by atoms with Crippen LogP contribution >= 0.6 is 0 Å². The van der Waals surface area contributed by atoms with E-state index in [0.29, 0.717) is 18.8 Å². The van der Waals surface area contributed by atoms with Crippen molar-refractivity contribution in [3.05, 3.63) is 48.4 Å². The molecule has 31 heavy (non-hydrogen) atoms. The van der Waals surface area contributed by atoms with E-state index in [1.54, 1.807) is 6.20 Å². The van der Waals surface area contributed by atoms with E-state index in [9.17, 15) is 12.8 Å². The second-order valence-electron chi connectivity index (χ2n) is 8.55. The van der Waals surface area contributed by atoms with Gasteiger partial charge in [-0.1, -0.05) is 18.9 Å². The summed E-state index contributed by atoms with van der Waals surface area (Å²) in [6, 6.07) is 9.22. The van der Waals surface area contributed by atoms with Gasteiger partial charge in [0.05, 0.1) is 16.6 Å². The van der Waals surface area contributed by atoms with Crippen LogP contribution in [0.25, 0.3) is 0 Å². The number of fused-ring (bicyclic) bond motifs is 1. The average Bonchev–Trinajstić information content (AvgIpc) is 3.28. The summed E-state index contributed by atoms with van der Waals surface area (Å²) in [6.45, 7) is 0.609. The van der Waals surface area contributed by atoms with Gasteiger partial charge in [0.25, 0.3) is 0 Å². The molecule has 3 aliphatic rings. The van der Waals surface area contributed by atoms with E-state index in [1.165, 1.54) is 22.5 Å². The zero-order valence-electron chi connectivity index (χ0n) is 17.2. The quantitative estimate of drug-likeness (QED) is 0.757. The van der Waals surface area contributed by atoms with Crippen LogP contribution in [-0.2, 0) is 10.0 Å². The molecule has 5 rings (SSSR count). The highest BCUT2D eigenvalue weighted by atomic mass is 32.2. The lowest BCUT2D eigenvalue weighted by Crippen LogP contribution is -2.62. The molecule has 2 aromatic rings. The molecule has 0 bridgehead atoms. The summed E-state index contributed by atoms with van der Waals surface area (Å²) in [7, 11) is -3.83. The predicted molar refractivity (Wildman–Crippen MR) is 118 cm³/mol. The zero-order chi connectivity index (χ0) is 21.5. The molecule has 0 radical (unpaired) electrons. The molecule has 1 unspecified atom stereocenters. The van der Waals surface area contributed by atoms with Crippen molar-refractivity contribution in [1.82, 2.24) is 9.29 Å². The second-order valence-corrected chi connectivity index (χ2v) is 10.5. The van der Waals surface area contributed by atoms with Crippen LogP contribution in [0.5, 0.6) is 0 Å². The normalized spacial score (nSPS) is 25.9. The van der Waals surface area contributed by atoms with Crippen LogP contribution in [0, 0.1) is 5.82 Å². The van der Waals surface area contributed by atoms with Gasteiger partial charge in [0, 0.05) is 19.3 Å². The van der Waals surface area contributed by atoms with Gasteiger partial charge in [-0.15, -0.1) is 0 Å². The number of sulfonamides is 1. The van der Waals surface area contributed by atoms with Crippen molar-refractivity contribution in [2.45, 2.75) is 55.0 Å². The van der Waals surface area contributed by atoms with Gasteiger partial charge in [-0.3, -0.25) is 4.99 Å². The number of anilines is 2. The van der Waals surface area contributed by atoms with Crippen molar-refractivity contribution >= 4 is 27.4 Å². The van der Waals surface area contributed by atoms with Crippen molar-refractivity contribution in [2.24, 2.45) is 4.99 Å². The van der Waals surface area contributed by atoms with Gasteiger partial charge in [-0.25, -0.2) is 17.8 Å². The molecule has 0 amide bonds. The summed E-state index contributed by atoms with van der Waals surface area (Å²) >= 11 is 0. The first-order valence-electron chi connectivity index (χ1n) is 10.8. The van der Waals surface area contributed by atoms with Crippen LogP contribution in [0.15, 0.2) is 52.5 Å². The Hall–Kier alpha value is -2.52. The molecule has 164 valence electrons. The molecule has 1 aromatic heterocycles. The molecule has 3 heterocycles. The third-order valence-corrected chi connectivity index (χ3v) is 8.24. The van der Waals surface area contributed by atoms with Gasteiger partial charge in [0.2, 0.25) is 10.0 Å². The summed E-state index contributed by atoms with van der Waals surface area (Å²) in [5.41, 5.74) is 0.162. The summed E-state index contributed by atoms with van der Waals surface area (Å²) in [6.07, 6.45) is 7.55. The number of benzene rings is 1. The first-order valence-corrected chi connectivity index (χ1v) is 12.2. The van der Waals surface area contributed by atoms with Crippen LogP contribution in [0.3, 0.4) is 0 Å². The van der Waals surface area contributed by atoms with Gasteiger partial charge in [-0.05, 0) is 56.0 Å². The Bertz CT molecular complexity index is 1120. The van der Waals surface area contributed by atoms with E-state index in [4.69, 9.17) is 4.99 Å². The average molecular weight is 444 g/mol. The van der Waals surface area contributed by atoms with Crippen molar-refractivity contribution < 1.29 is 12.8 Å². The highest BCUT2D eigenvalue weighted by Crippen LogP contribution is 2.37. The highest BCUT2D eigenvalue weighted by molar-refractivity contribution is 7.89. The number of hydrogen-bond donors (Lipinski definition) is 2. The molecule has 1 spiro atoms. The van der Waals surface area contributed by atoms with Crippen molar-refractivity contribution in [1.29, 1.82) is 0 Å². The monoisotopic (exact) mass is 443 g/mol. The Balaban J connectivity index is 1.52. The van der Waals surface area contributed by atoms with Gasteiger partial charge < -0.3 is 10.6 Å². The zero-order valence-corrected chi connectivity index (χ0v) is 18.0. The Labute approximate surface area is 181 Å². The van der Waals surface area contributed by atoms with Crippen LogP contribution in [-0.4, -0.2) is 48.2 Å². The number of piperidine rings is 1. The van der Waals surface area contributed by atoms with Gasteiger partial charge in [-0.2, -0.15) is 4.31 Å².